The molecule has 0 fully saturated rings. The molecule has 0 spiro atoms. The minimum absolute atomic E-state index is 0.224. The molecule has 0 aliphatic heterocycles. The topological polar surface area (TPSA) is 50.2 Å². The van der Waals surface area contributed by atoms with Gasteiger partial charge in [0.25, 0.3) is 0 Å². The third-order valence-corrected chi connectivity index (χ3v) is 2.00. The van der Waals surface area contributed by atoms with Gasteiger partial charge in [-0.3, -0.25) is 4.98 Å². The van der Waals surface area contributed by atoms with Crippen molar-refractivity contribution in [1.82, 2.24) is 4.98 Å². The largest absolute Gasteiger partial charge is 0.478 e. The maximum Gasteiger partial charge on any atom is 0.336 e. The Kier molecular flexibility index (Phi) is 1.96. The molecule has 1 heterocycles. The van der Waals surface area contributed by atoms with Gasteiger partial charge in [-0.25, -0.2) is 4.79 Å². The first-order chi connectivity index (χ1) is 6.68. The minimum atomic E-state index is -0.969. The SMILES string of the molecule is [B]c1ccc2nccc(C(=O)O)c2c1. The van der Waals surface area contributed by atoms with Gasteiger partial charge >= 0.3 is 5.97 Å². The zero-order chi connectivity index (χ0) is 10.1. The molecule has 2 radical (unpaired) electrons. The van der Waals surface area contributed by atoms with Gasteiger partial charge in [0.05, 0.1) is 11.1 Å². The summed E-state index contributed by atoms with van der Waals surface area (Å²) < 4.78 is 0. The smallest absolute Gasteiger partial charge is 0.336 e. The van der Waals surface area contributed by atoms with Crippen molar-refractivity contribution in [3.63, 3.8) is 0 Å². The highest BCUT2D eigenvalue weighted by atomic mass is 16.4. The fourth-order valence-corrected chi connectivity index (χ4v) is 1.35. The number of aromatic nitrogens is 1. The number of nitrogens with zero attached hydrogens (tertiary/aromatic N) is 1. The summed E-state index contributed by atoms with van der Waals surface area (Å²) in [7, 11) is 5.57. The summed E-state index contributed by atoms with van der Waals surface area (Å²) in [6.45, 7) is 0. The fraction of sp³-hybridized carbons (Fsp3) is 0. The molecule has 0 aliphatic carbocycles. The van der Waals surface area contributed by atoms with Gasteiger partial charge in [-0.05, 0) is 12.1 Å². The van der Waals surface area contributed by atoms with E-state index in [1.165, 1.54) is 12.3 Å². The average molecular weight is 183 g/mol. The summed E-state index contributed by atoms with van der Waals surface area (Å²) >= 11 is 0. The van der Waals surface area contributed by atoms with E-state index in [2.05, 4.69) is 4.98 Å². The third-order valence-electron chi connectivity index (χ3n) is 2.00. The molecular formula is C10H6BNO2. The van der Waals surface area contributed by atoms with Gasteiger partial charge in [0.2, 0.25) is 0 Å². The summed E-state index contributed by atoms with van der Waals surface area (Å²) in [6, 6.07) is 6.48. The van der Waals surface area contributed by atoms with Crippen LogP contribution in [-0.4, -0.2) is 23.9 Å². The minimum Gasteiger partial charge on any atom is -0.478 e. The second-order valence-electron chi connectivity index (χ2n) is 2.94. The van der Waals surface area contributed by atoms with Crippen molar-refractivity contribution < 1.29 is 9.90 Å². The fourth-order valence-electron chi connectivity index (χ4n) is 1.35. The lowest BCUT2D eigenvalue weighted by Crippen LogP contribution is -2.04. The highest BCUT2D eigenvalue weighted by Gasteiger charge is 2.07. The Morgan fingerprint density at radius 3 is 2.86 bits per heavy atom. The highest BCUT2D eigenvalue weighted by molar-refractivity contribution is 6.33. The third kappa shape index (κ3) is 1.35. The number of carbonyl (C=O) groups is 1. The van der Waals surface area contributed by atoms with Crippen LogP contribution in [0.25, 0.3) is 10.9 Å². The molecule has 2 rings (SSSR count). The molecule has 2 aromatic rings. The van der Waals surface area contributed by atoms with Crippen LogP contribution >= 0.6 is 0 Å². The Balaban J connectivity index is 2.84. The Labute approximate surface area is 81.8 Å². The van der Waals surface area contributed by atoms with E-state index in [1.54, 1.807) is 18.2 Å². The van der Waals surface area contributed by atoms with Crippen molar-refractivity contribution in [1.29, 1.82) is 0 Å². The molecule has 0 saturated heterocycles. The predicted molar refractivity (Wildman–Crippen MR) is 54.1 cm³/mol. The Bertz CT molecular complexity index is 510. The summed E-state index contributed by atoms with van der Waals surface area (Å²) in [4.78, 5) is 14.9. The number of carboxylic acids is 1. The lowest BCUT2D eigenvalue weighted by atomic mass is 9.93. The van der Waals surface area contributed by atoms with Crippen molar-refractivity contribution in [2.45, 2.75) is 0 Å². The zero-order valence-electron chi connectivity index (χ0n) is 7.27. The van der Waals surface area contributed by atoms with Crippen molar-refractivity contribution in [3.05, 3.63) is 36.0 Å². The molecule has 0 atom stereocenters. The van der Waals surface area contributed by atoms with Gasteiger partial charge in [-0.15, -0.1) is 0 Å². The Morgan fingerprint density at radius 2 is 2.14 bits per heavy atom. The number of carboxylic acid groups (broad SMARTS) is 1. The van der Waals surface area contributed by atoms with E-state index in [4.69, 9.17) is 13.0 Å². The number of pyridine rings is 1. The van der Waals surface area contributed by atoms with E-state index >= 15 is 0 Å². The van der Waals surface area contributed by atoms with E-state index < -0.39 is 5.97 Å². The van der Waals surface area contributed by atoms with Crippen LogP contribution in [0.4, 0.5) is 0 Å². The number of benzene rings is 1. The van der Waals surface area contributed by atoms with Crippen LogP contribution in [0.15, 0.2) is 30.5 Å². The van der Waals surface area contributed by atoms with Gasteiger partial charge in [0.1, 0.15) is 7.85 Å². The number of rotatable bonds is 1. The molecule has 0 amide bonds. The monoisotopic (exact) mass is 183 g/mol. The molecule has 0 bridgehead atoms. The van der Waals surface area contributed by atoms with Crippen LogP contribution in [0.5, 0.6) is 0 Å². The van der Waals surface area contributed by atoms with Gasteiger partial charge in [0, 0.05) is 11.6 Å². The predicted octanol–water partition coefficient (Wildman–Crippen LogP) is 0.727. The number of aromatic carboxylic acids is 1. The van der Waals surface area contributed by atoms with Crippen molar-refractivity contribution >= 4 is 30.2 Å². The normalized spacial score (nSPS) is 10.3. The molecule has 66 valence electrons. The van der Waals surface area contributed by atoms with E-state index in [-0.39, 0.29) is 5.56 Å². The molecule has 0 aliphatic rings. The van der Waals surface area contributed by atoms with Gasteiger partial charge in [-0.2, -0.15) is 0 Å². The van der Waals surface area contributed by atoms with Crippen molar-refractivity contribution in [2.75, 3.05) is 0 Å². The molecule has 0 unspecified atom stereocenters. The van der Waals surface area contributed by atoms with Crippen molar-refractivity contribution in [3.8, 4) is 0 Å². The first-order valence-electron chi connectivity index (χ1n) is 4.06. The first-order valence-corrected chi connectivity index (χ1v) is 4.06. The lowest BCUT2D eigenvalue weighted by molar-refractivity contribution is 0.0699. The van der Waals surface area contributed by atoms with E-state index in [0.717, 1.165) is 0 Å². The van der Waals surface area contributed by atoms with Crippen LogP contribution in [0.1, 0.15) is 10.4 Å². The average Bonchev–Trinajstić information content (AvgIpc) is 2.16. The molecule has 1 N–H and O–H groups in total. The standard InChI is InChI=1S/C10H6BNO2/c11-6-1-2-9-8(5-6)7(10(13)14)3-4-12-9/h1-5H,(H,13,14). The van der Waals surface area contributed by atoms with Crippen molar-refractivity contribution in [2.24, 2.45) is 0 Å². The van der Waals surface area contributed by atoms with Crippen LogP contribution in [0.3, 0.4) is 0 Å². The first kappa shape index (κ1) is 8.75. The van der Waals surface area contributed by atoms with Gasteiger partial charge < -0.3 is 5.11 Å². The summed E-state index contributed by atoms with van der Waals surface area (Å²) in [6.07, 6.45) is 1.47. The maximum absolute atomic E-state index is 10.9. The number of fused-ring (bicyclic) bond motifs is 1. The molecule has 14 heavy (non-hydrogen) atoms. The number of hydrogen-bond donors (Lipinski definition) is 1. The Morgan fingerprint density at radius 1 is 1.36 bits per heavy atom. The van der Waals surface area contributed by atoms with Crippen LogP contribution in [0.2, 0.25) is 0 Å². The lowest BCUT2D eigenvalue weighted by Gasteiger charge is -2.02. The van der Waals surface area contributed by atoms with Crippen LogP contribution in [0, 0.1) is 0 Å². The van der Waals surface area contributed by atoms with Gasteiger partial charge in [0.15, 0.2) is 0 Å². The second-order valence-corrected chi connectivity index (χ2v) is 2.94. The number of hydrogen-bond acceptors (Lipinski definition) is 2. The highest BCUT2D eigenvalue weighted by Crippen LogP contribution is 2.14. The van der Waals surface area contributed by atoms with E-state index in [0.29, 0.717) is 16.4 Å². The zero-order valence-corrected chi connectivity index (χ0v) is 7.27. The molecule has 0 saturated carbocycles. The van der Waals surface area contributed by atoms with E-state index in [1.807, 2.05) is 0 Å². The molecule has 1 aromatic carbocycles. The quantitative estimate of drug-likeness (QED) is 0.662. The van der Waals surface area contributed by atoms with Crippen LogP contribution < -0.4 is 5.46 Å². The summed E-state index contributed by atoms with van der Waals surface area (Å²) in [5.41, 5.74) is 1.40. The molecule has 4 heteroatoms. The summed E-state index contributed by atoms with van der Waals surface area (Å²) in [5.74, 6) is -0.969. The second kappa shape index (κ2) is 3.14. The van der Waals surface area contributed by atoms with E-state index in [9.17, 15) is 4.79 Å². The van der Waals surface area contributed by atoms with Gasteiger partial charge in [-0.1, -0.05) is 17.6 Å². The summed E-state index contributed by atoms with van der Waals surface area (Å²) in [5, 5.41) is 9.47. The van der Waals surface area contributed by atoms with Crippen LogP contribution in [-0.2, 0) is 0 Å². The maximum atomic E-state index is 10.9. The Hall–Kier alpha value is -1.84. The molecular weight excluding hydrogens is 177 g/mol. The molecule has 3 nitrogen and oxygen atoms in total. The molecule has 1 aromatic heterocycles.